The van der Waals surface area contributed by atoms with Gasteiger partial charge in [0.25, 0.3) is 26.9 Å². The molecule has 0 bridgehead atoms. The van der Waals surface area contributed by atoms with Crippen LogP contribution >= 0.6 is 44.7 Å². The van der Waals surface area contributed by atoms with Crippen molar-refractivity contribution in [3.63, 3.8) is 0 Å². The van der Waals surface area contributed by atoms with Crippen molar-refractivity contribution < 1.29 is 18.9 Å². The van der Waals surface area contributed by atoms with E-state index < -0.39 is 10.8 Å². The molecule has 0 aromatic heterocycles. The van der Waals surface area contributed by atoms with E-state index in [0.717, 1.165) is 66.1 Å². The van der Waals surface area contributed by atoms with E-state index in [9.17, 15) is 0 Å². The van der Waals surface area contributed by atoms with Crippen molar-refractivity contribution in [1.82, 2.24) is 0 Å². The number of fused-ring (bicyclic) bond motifs is 32. The standard InChI is InChI=1S/C49H28B2Br2O2.C49H30B2O2.2CH4.BHNS/c52-31-19-21-35-33(27-31)45-37(23-25-41-47(45)54-43-17-9-7-15-39(43)50(41)29-11-3-1-4-12-29)49(35)36-22-20-32(53)28-34(36)46-38(49)24-26-42-48(46)55-44-18-10-8-16-40(44)51(42)30-13-5-2-6-14-30;1-3-15-31(16-4-1)50-39-23-11-13-25-43(39)52-47-41(50)29-27-37-45(47)33-19-7-9-21-35(33)49(37)36-22-10-8-20-34(36)46-38(49)28-30-42-48(46)53-44-26-14-12-24-40(44)51(42)32-17-5-2-6-18-32;;;1-2-3/h1-28H;1-30H;2*1H4;3H. The third kappa shape index (κ3) is 10.2. The molecule has 0 amide bonds. The van der Waals surface area contributed by atoms with Crippen LogP contribution in [0.2, 0.25) is 0 Å². The number of para-hydroxylation sites is 4. The van der Waals surface area contributed by atoms with Gasteiger partial charge in [0.2, 0.25) is 0 Å². The maximum atomic E-state index is 7.11. The second kappa shape index (κ2) is 27.5. The van der Waals surface area contributed by atoms with Gasteiger partial charge in [0.1, 0.15) is 46.0 Å². The van der Waals surface area contributed by atoms with Gasteiger partial charge in [0.15, 0.2) is 0 Å². The van der Waals surface area contributed by atoms with Crippen LogP contribution in [0.1, 0.15) is 59.4 Å². The van der Waals surface area contributed by atoms with E-state index in [-0.39, 0.29) is 41.7 Å². The summed E-state index contributed by atoms with van der Waals surface area (Å²) in [4.78, 5) is 0. The first-order valence-electron chi connectivity index (χ1n) is 37.7. The molecule has 8 aliphatic rings. The van der Waals surface area contributed by atoms with Crippen LogP contribution < -0.4 is 84.5 Å². The minimum atomic E-state index is -0.605. The first kappa shape index (κ1) is 70.3. The van der Waals surface area contributed by atoms with E-state index >= 15 is 0 Å². The summed E-state index contributed by atoms with van der Waals surface area (Å²) in [6, 6.07) is 128. The average molecular weight is 1590 g/mol. The van der Waals surface area contributed by atoms with Crippen molar-refractivity contribution in [3.05, 3.63) is 405 Å². The molecule has 0 atom stereocenters. The van der Waals surface area contributed by atoms with Crippen molar-refractivity contribution in [2.24, 2.45) is 4.30 Å². The van der Waals surface area contributed by atoms with Gasteiger partial charge >= 0.3 is 24.8 Å². The summed E-state index contributed by atoms with van der Waals surface area (Å²) in [6.07, 6.45) is 0. The fourth-order valence-electron chi connectivity index (χ4n) is 20.3. The van der Waals surface area contributed by atoms with E-state index in [2.05, 4.69) is 408 Å². The average Bonchev–Trinajstić information content (AvgIpc) is 1.50. The molecule has 5 nitrogen and oxygen atoms in total. The Morgan fingerprint density at radius 1 is 0.248 bits per heavy atom. The molecule has 531 valence electrons. The Morgan fingerprint density at radius 3 is 0.752 bits per heavy atom. The van der Waals surface area contributed by atoms with Crippen LogP contribution in [0.5, 0.6) is 46.0 Å². The van der Waals surface area contributed by atoms with Crippen LogP contribution in [0.3, 0.4) is 0 Å². The number of benzene rings is 16. The smallest absolute Gasteiger partial charge is 0.250 e. The van der Waals surface area contributed by atoms with Gasteiger partial charge in [-0.2, -0.15) is 0 Å². The van der Waals surface area contributed by atoms with Crippen molar-refractivity contribution in [1.29, 1.82) is 0 Å². The van der Waals surface area contributed by atoms with E-state index in [4.69, 9.17) is 18.9 Å². The van der Waals surface area contributed by atoms with E-state index in [0.29, 0.717) is 0 Å². The van der Waals surface area contributed by atoms with Crippen LogP contribution in [0, 0.1) is 0 Å². The molecule has 113 heavy (non-hydrogen) atoms. The van der Waals surface area contributed by atoms with E-state index in [1.54, 1.807) is 0 Å². The Kier molecular flexibility index (Phi) is 17.1. The van der Waals surface area contributed by atoms with E-state index in [1.807, 2.05) is 0 Å². The number of rotatable bonds is 4. The monoisotopic (exact) mass is 1590 g/mol. The molecule has 0 N–H and O–H groups in total. The Bertz CT molecular complexity index is 6210. The fraction of sp³-hybridized carbons (Fsp3) is 0.0400. The van der Waals surface area contributed by atoms with Crippen molar-refractivity contribution in [2.45, 2.75) is 25.7 Å². The largest absolute Gasteiger partial charge is 0.458 e. The summed E-state index contributed by atoms with van der Waals surface area (Å²) in [5.41, 5.74) is 32.9. The SMILES string of the molecule is Brc1ccc2c(c1)-c1c(ccc3c1Oc1ccccc1B3c1ccccc1)C21c2ccc(Br)cc2-c2c1ccc1c2Oc2ccccc2B1c1ccccc1.C.C.[B]=NS.c1ccc(B2c3ccccc3Oc3c2ccc2c3-c3ccccc3C23c2ccccc2-c2c3ccc3c2Oc2ccccc2B3c2ccccc2)cc1. The Morgan fingerprint density at radius 2 is 0.469 bits per heavy atom. The van der Waals surface area contributed by atoms with Gasteiger partial charge < -0.3 is 18.9 Å². The van der Waals surface area contributed by atoms with Crippen molar-refractivity contribution >= 4 is 145 Å². The van der Waals surface area contributed by atoms with Crippen LogP contribution in [0.15, 0.2) is 365 Å². The molecule has 16 aromatic carbocycles. The zero-order valence-corrected chi connectivity index (χ0v) is 63.7. The second-order valence-electron chi connectivity index (χ2n) is 29.6. The zero-order chi connectivity index (χ0) is 73.8. The van der Waals surface area contributed by atoms with Gasteiger partial charge in [-0.1, -0.05) is 372 Å². The summed E-state index contributed by atoms with van der Waals surface area (Å²) < 4.78 is 33.1. The number of ether oxygens (including phenoxy) is 4. The number of hydrogen-bond acceptors (Lipinski definition) is 6. The first-order chi connectivity index (χ1) is 54.8. The molecule has 4 aliphatic carbocycles. The first-order valence-corrected chi connectivity index (χ1v) is 39.6. The van der Waals surface area contributed by atoms with Gasteiger partial charge in [-0.05, 0) is 159 Å². The maximum absolute atomic E-state index is 7.11. The Labute approximate surface area is 684 Å². The van der Waals surface area contributed by atoms with Crippen LogP contribution in [-0.2, 0) is 10.8 Å². The minimum absolute atomic E-state index is 0. The normalized spacial score (nSPS) is 13.9. The third-order valence-electron chi connectivity index (χ3n) is 24.4. The minimum Gasteiger partial charge on any atom is -0.458 e. The van der Waals surface area contributed by atoms with Crippen LogP contribution in [-0.4, -0.2) is 34.5 Å². The summed E-state index contributed by atoms with van der Waals surface area (Å²) in [5.74, 6) is 7.41. The molecule has 1 radical (unpaired) electrons. The number of thiol groups is 1. The van der Waals surface area contributed by atoms with Crippen molar-refractivity contribution in [3.8, 4) is 90.5 Å². The fourth-order valence-corrected chi connectivity index (χ4v) is 21.1. The van der Waals surface area contributed by atoms with E-state index in [1.165, 1.54) is 143 Å². The molecule has 0 saturated carbocycles. The number of nitrogens with zero attached hydrogens (tertiary/aromatic N) is 1. The van der Waals surface area contributed by atoms with Crippen LogP contribution in [0.4, 0.5) is 0 Å². The molecule has 2 spiro atoms. The predicted octanol–water partition coefficient (Wildman–Crippen LogP) is 17.5. The Balaban J connectivity index is 0.000000140. The number of hydrogen-bond donors (Lipinski definition) is 1. The van der Waals surface area contributed by atoms with Crippen molar-refractivity contribution in [2.75, 3.05) is 0 Å². The Hall–Kier alpha value is -11.8. The van der Waals surface area contributed by atoms with Gasteiger partial charge in [0.05, 0.1) is 10.8 Å². The quantitative estimate of drug-likeness (QED) is 0.141. The molecule has 13 heteroatoms. The van der Waals surface area contributed by atoms with Gasteiger partial charge in [-0.3, -0.25) is 0 Å². The zero-order valence-electron chi connectivity index (χ0n) is 59.7. The molecule has 24 rings (SSSR count). The van der Waals surface area contributed by atoms with Gasteiger partial charge in [0, 0.05) is 31.2 Å². The molecule has 16 aromatic rings. The van der Waals surface area contributed by atoms with Crippen LogP contribution in [0.25, 0.3) is 44.5 Å². The summed E-state index contributed by atoms with van der Waals surface area (Å²) >= 11 is 11.0. The molecule has 4 aliphatic heterocycles. The topological polar surface area (TPSA) is 49.3 Å². The molecular weight excluding hydrogens is 1530 g/mol. The molecule has 0 unspecified atom stereocenters. The third-order valence-corrected chi connectivity index (χ3v) is 25.4. The van der Waals surface area contributed by atoms with Gasteiger partial charge in [-0.15, -0.1) is 0 Å². The maximum Gasteiger partial charge on any atom is 0.250 e. The second-order valence-corrected chi connectivity index (χ2v) is 31.7. The predicted molar refractivity (Wildman–Crippen MR) is 482 cm³/mol. The molecular formula is C100H67B5Br2NO4S. The molecule has 0 saturated heterocycles. The molecule has 4 heterocycles. The summed E-state index contributed by atoms with van der Waals surface area (Å²) in [5, 5.41) is 0. The number of halogens is 2. The van der Waals surface area contributed by atoms with Gasteiger partial charge in [-0.25, -0.2) is 0 Å². The summed E-state index contributed by atoms with van der Waals surface area (Å²) in [7, 11) is 4.34. The molecule has 0 fully saturated rings. The summed E-state index contributed by atoms with van der Waals surface area (Å²) in [6.45, 7) is 0.189.